The lowest BCUT2D eigenvalue weighted by Gasteiger charge is -2.07. The Kier molecular flexibility index (Phi) is 5.93. The first-order chi connectivity index (χ1) is 11.4. The van der Waals surface area contributed by atoms with E-state index in [4.69, 9.17) is 32.7 Å². The molecule has 1 N–H and O–H groups in total. The fourth-order valence-corrected chi connectivity index (χ4v) is 2.98. The van der Waals surface area contributed by atoms with Crippen LogP contribution in [0.15, 0.2) is 46.4 Å². The van der Waals surface area contributed by atoms with Crippen molar-refractivity contribution >= 4 is 39.4 Å². The SMILES string of the molecule is COc1ccc(OC)c(/C=N/NS(=O)(=O)c2ccc(Cl)c(Cl)c2)c1. The molecule has 0 aliphatic rings. The molecule has 0 saturated heterocycles. The van der Waals surface area contributed by atoms with E-state index in [1.807, 2.05) is 0 Å². The molecule has 0 unspecified atom stereocenters. The second-order valence-electron chi connectivity index (χ2n) is 4.54. The van der Waals surface area contributed by atoms with E-state index in [9.17, 15) is 8.42 Å². The highest BCUT2D eigenvalue weighted by molar-refractivity contribution is 7.89. The van der Waals surface area contributed by atoms with Gasteiger partial charge < -0.3 is 9.47 Å². The number of benzene rings is 2. The molecule has 0 heterocycles. The van der Waals surface area contributed by atoms with Crippen molar-refractivity contribution in [3.05, 3.63) is 52.0 Å². The maximum absolute atomic E-state index is 12.2. The highest BCUT2D eigenvalue weighted by atomic mass is 35.5. The van der Waals surface area contributed by atoms with Gasteiger partial charge in [0.05, 0.1) is 35.4 Å². The molecule has 9 heteroatoms. The predicted octanol–water partition coefficient (Wildman–Crippen LogP) is 3.32. The molecule has 0 spiro atoms. The number of ether oxygens (including phenoxy) is 2. The van der Waals surface area contributed by atoms with Crippen molar-refractivity contribution in [3.63, 3.8) is 0 Å². The van der Waals surface area contributed by atoms with Crippen LogP contribution in [0.2, 0.25) is 10.0 Å². The average Bonchev–Trinajstić information content (AvgIpc) is 2.57. The van der Waals surface area contributed by atoms with E-state index in [-0.39, 0.29) is 14.9 Å². The van der Waals surface area contributed by atoms with Crippen molar-refractivity contribution in [1.82, 2.24) is 4.83 Å². The summed E-state index contributed by atoms with van der Waals surface area (Å²) in [7, 11) is -0.845. The van der Waals surface area contributed by atoms with Crippen molar-refractivity contribution in [1.29, 1.82) is 0 Å². The van der Waals surface area contributed by atoms with E-state index in [0.717, 1.165) is 0 Å². The van der Waals surface area contributed by atoms with Gasteiger partial charge in [-0.2, -0.15) is 13.5 Å². The normalized spacial score (nSPS) is 11.5. The standard InChI is InChI=1S/C15H14Cl2N2O4S/c1-22-11-3-6-15(23-2)10(7-11)9-18-19-24(20,21)12-4-5-13(16)14(17)8-12/h3-9,19H,1-2H3/b18-9+. The number of sulfonamides is 1. The molecule has 128 valence electrons. The van der Waals surface area contributed by atoms with Gasteiger partial charge >= 0.3 is 0 Å². The van der Waals surface area contributed by atoms with Crippen molar-refractivity contribution < 1.29 is 17.9 Å². The van der Waals surface area contributed by atoms with Crippen LogP contribution in [0.3, 0.4) is 0 Å². The van der Waals surface area contributed by atoms with Crippen LogP contribution in [-0.4, -0.2) is 28.9 Å². The molecule has 0 fully saturated rings. The van der Waals surface area contributed by atoms with E-state index in [0.29, 0.717) is 17.1 Å². The van der Waals surface area contributed by atoms with Gasteiger partial charge in [0.1, 0.15) is 11.5 Å². The molecule has 2 aromatic rings. The van der Waals surface area contributed by atoms with Crippen LogP contribution in [0.5, 0.6) is 11.5 Å². The molecule has 0 radical (unpaired) electrons. The smallest absolute Gasteiger partial charge is 0.276 e. The first kappa shape index (κ1) is 18.4. The highest BCUT2D eigenvalue weighted by Gasteiger charge is 2.14. The summed E-state index contributed by atoms with van der Waals surface area (Å²) in [4.78, 5) is 2.05. The molecule has 0 atom stereocenters. The third-order valence-corrected chi connectivity index (χ3v) is 4.97. The minimum atomic E-state index is -3.87. The van der Waals surface area contributed by atoms with Crippen LogP contribution in [0.4, 0.5) is 0 Å². The van der Waals surface area contributed by atoms with E-state index < -0.39 is 10.0 Å². The number of halogens is 2. The van der Waals surface area contributed by atoms with Crippen molar-refractivity contribution in [2.24, 2.45) is 5.10 Å². The number of nitrogens with zero attached hydrogens (tertiary/aromatic N) is 1. The minimum absolute atomic E-state index is 0.0494. The molecule has 0 saturated carbocycles. The van der Waals surface area contributed by atoms with Crippen LogP contribution in [-0.2, 0) is 10.0 Å². The van der Waals surface area contributed by atoms with Crippen molar-refractivity contribution in [2.75, 3.05) is 14.2 Å². The summed E-state index contributed by atoms with van der Waals surface area (Å²) in [6.07, 6.45) is 1.32. The van der Waals surface area contributed by atoms with Gasteiger partial charge in [0, 0.05) is 5.56 Å². The average molecular weight is 389 g/mol. The Balaban J connectivity index is 2.22. The third-order valence-electron chi connectivity index (χ3n) is 3.01. The predicted molar refractivity (Wildman–Crippen MR) is 93.9 cm³/mol. The second kappa shape index (κ2) is 7.74. The van der Waals surface area contributed by atoms with Gasteiger partial charge in [-0.15, -0.1) is 0 Å². The van der Waals surface area contributed by atoms with Crippen molar-refractivity contribution in [2.45, 2.75) is 4.90 Å². The third kappa shape index (κ3) is 4.31. The Morgan fingerprint density at radius 3 is 2.42 bits per heavy atom. The van der Waals surface area contributed by atoms with Gasteiger partial charge in [0.25, 0.3) is 10.0 Å². The number of hydrogen-bond donors (Lipinski definition) is 1. The fraction of sp³-hybridized carbons (Fsp3) is 0.133. The fourth-order valence-electron chi connectivity index (χ4n) is 1.80. The van der Waals surface area contributed by atoms with Crippen molar-refractivity contribution in [3.8, 4) is 11.5 Å². The monoisotopic (exact) mass is 388 g/mol. The molecule has 0 aliphatic heterocycles. The van der Waals surface area contributed by atoms with Gasteiger partial charge in [-0.3, -0.25) is 0 Å². The zero-order valence-electron chi connectivity index (χ0n) is 12.8. The summed E-state index contributed by atoms with van der Waals surface area (Å²) in [5, 5.41) is 4.15. The van der Waals surface area contributed by atoms with Crippen LogP contribution in [0, 0.1) is 0 Å². The Labute approximate surface area is 150 Å². The maximum atomic E-state index is 12.2. The Hall–Kier alpha value is -1.96. The quantitative estimate of drug-likeness (QED) is 0.608. The Bertz CT molecular complexity index is 870. The van der Waals surface area contributed by atoms with E-state index >= 15 is 0 Å². The molecule has 2 rings (SSSR count). The lowest BCUT2D eigenvalue weighted by molar-refractivity contribution is 0.402. The lowest BCUT2D eigenvalue weighted by Crippen LogP contribution is -2.18. The molecule has 2 aromatic carbocycles. The molecule has 0 aromatic heterocycles. The summed E-state index contributed by atoms with van der Waals surface area (Å²) < 4.78 is 34.7. The summed E-state index contributed by atoms with van der Waals surface area (Å²) in [6, 6.07) is 9.04. The number of nitrogens with one attached hydrogen (secondary N) is 1. The molecule has 24 heavy (non-hydrogen) atoms. The van der Waals surface area contributed by atoms with Gasteiger partial charge in [0.2, 0.25) is 0 Å². The van der Waals surface area contributed by atoms with E-state index in [2.05, 4.69) is 9.93 Å². The zero-order valence-corrected chi connectivity index (χ0v) is 15.1. The summed E-state index contributed by atoms with van der Waals surface area (Å²) in [5.74, 6) is 1.11. The van der Waals surface area contributed by atoms with E-state index in [1.165, 1.54) is 38.6 Å². The first-order valence-electron chi connectivity index (χ1n) is 6.59. The van der Waals surface area contributed by atoms with Crippen LogP contribution in [0.25, 0.3) is 0 Å². The topological polar surface area (TPSA) is 77.0 Å². The summed E-state index contributed by atoms with van der Waals surface area (Å²) >= 11 is 11.6. The second-order valence-corrected chi connectivity index (χ2v) is 7.01. The first-order valence-corrected chi connectivity index (χ1v) is 8.83. The van der Waals surface area contributed by atoms with Gasteiger partial charge in [0.15, 0.2) is 0 Å². The van der Waals surface area contributed by atoms with Gasteiger partial charge in [-0.05, 0) is 36.4 Å². The minimum Gasteiger partial charge on any atom is -0.497 e. The van der Waals surface area contributed by atoms with Crippen LogP contribution >= 0.6 is 23.2 Å². The largest absolute Gasteiger partial charge is 0.497 e. The number of methoxy groups -OCH3 is 2. The molecule has 0 aliphatic carbocycles. The Morgan fingerprint density at radius 1 is 1.04 bits per heavy atom. The summed E-state index contributed by atoms with van der Waals surface area (Å²) in [5.41, 5.74) is 0.550. The molecular formula is C15H14Cl2N2O4S. The molecular weight excluding hydrogens is 375 g/mol. The highest BCUT2D eigenvalue weighted by Crippen LogP contribution is 2.25. The van der Waals surface area contributed by atoms with E-state index in [1.54, 1.807) is 18.2 Å². The number of hydrazone groups is 1. The molecule has 0 amide bonds. The zero-order chi connectivity index (χ0) is 17.7. The lowest BCUT2D eigenvalue weighted by atomic mass is 10.2. The van der Waals surface area contributed by atoms with Gasteiger partial charge in [-0.25, -0.2) is 4.83 Å². The molecule has 6 nitrogen and oxygen atoms in total. The maximum Gasteiger partial charge on any atom is 0.276 e. The molecule has 0 bridgehead atoms. The number of rotatable bonds is 6. The number of hydrogen-bond acceptors (Lipinski definition) is 5. The Morgan fingerprint density at radius 2 is 1.79 bits per heavy atom. The van der Waals surface area contributed by atoms with Crippen LogP contribution < -0.4 is 14.3 Å². The van der Waals surface area contributed by atoms with Gasteiger partial charge in [-0.1, -0.05) is 23.2 Å². The summed E-state index contributed by atoms with van der Waals surface area (Å²) in [6.45, 7) is 0. The van der Waals surface area contributed by atoms with Crippen LogP contribution in [0.1, 0.15) is 5.56 Å².